The van der Waals surface area contributed by atoms with E-state index in [0.29, 0.717) is 18.8 Å². The summed E-state index contributed by atoms with van der Waals surface area (Å²) in [6.45, 7) is 2.77. The standard InChI is InChI=1S/C14H18N2O3/c1-11(13-5-3-12(9-15)4-6-13)16-14(17)10-19-8-7-18-2/h3-6,11H,7-8,10H2,1-2H3,(H,16,17). The third-order valence-electron chi connectivity index (χ3n) is 2.58. The molecule has 1 aromatic rings. The molecule has 0 fully saturated rings. The minimum absolute atomic E-state index is 0.0178. The van der Waals surface area contributed by atoms with Crippen molar-refractivity contribution >= 4 is 5.91 Å². The second-order valence-corrected chi connectivity index (χ2v) is 4.07. The van der Waals surface area contributed by atoms with E-state index in [1.807, 2.05) is 19.1 Å². The van der Waals surface area contributed by atoms with E-state index in [4.69, 9.17) is 14.7 Å². The van der Waals surface area contributed by atoms with Gasteiger partial charge in [-0.05, 0) is 24.6 Å². The summed E-state index contributed by atoms with van der Waals surface area (Å²) < 4.78 is 9.94. The van der Waals surface area contributed by atoms with Gasteiger partial charge < -0.3 is 14.8 Å². The number of nitrogens with one attached hydrogen (secondary N) is 1. The first-order valence-electron chi connectivity index (χ1n) is 6.03. The Labute approximate surface area is 113 Å². The van der Waals surface area contributed by atoms with Crippen molar-refractivity contribution in [2.75, 3.05) is 26.9 Å². The summed E-state index contributed by atoms with van der Waals surface area (Å²) >= 11 is 0. The molecule has 19 heavy (non-hydrogen) atoms. The maximum Gasteiger partial charge on any atom is 0.246 e. The van der Waals surface area contributed by atoms with Gasteiger partial charge in [0.05, 0.1) is 30.9 Å². The Kier molecular flexibility index (Phi) is 6.58. The molecule has 0 aliphatic carbocycles. The van der Waals surface area contributed by atoms with Crippen molar-refractivity contribution in [2.45, 2.75) is 13.0 Å². The third-order valence-corrected chi connectivity index (χ3v) is 2.58. The number of nitrogens with zero attached hydrogens (tertiary/aromatic N) is 1. The molecule has 0 saturated heterocycles. The molecule has 1 amide bonds. The van der Waals surface area contributed by atoms with Crippen LogP contribution in [-0.2, 0) is 14.3 Å². The molecule has 1 unspecified atom stereocenters. The van der Waals surface area contributed by atoms with Crippen LogP contribution >= 0.6 is 0 Å². The first kappa shape index (κ1) is 15.2. The molecule has 1 N–H and O–H groups in total. The average Bonchev–Trinajstić information content (AvgIpc) is 2.43. The lowest BCUT2D eigenvalue weighted by Gasteiger charge is -2.14. The van der Waals surface area contributed by atoms with Crippen molar-refractivity contribution in [1.82, 2.24) is 5.32 Å². The molecule has 0 aliphatic rings. The van der Waals surface area contributed by atoms with Crippen molar-refractivity contribution in [3.63, 3.8) is 0 Å². The molecule has 0 radical (unpaired) electrons. The van der Waals surface area contributed by atoms with E-state index < -0.39 is 0 Å². The summed E-state index contributed by atoms with van der Waals surface area (Å²) in [5.41, 5.74) is 1.55. The number of ether oxygens (including phenoxy) is 2. The Bertz CT molecular complexity index is 437. The van der Waals surface area contributed by atoms with Gasteiger partial charge in [0.2, 0.25) is 5.91 Å². The fourth-order valence-electron chi connectivity index (χ4n) is 1.52. The van der Waals surface area contributed by atoms with Gasteiger partial charge in [0.15, 0.2) is 0 Å². The third kappa shape index (κ3) is 5.51. The van der Waals surface area contributed by atoms with Gasteiger partial charge in [-0.15, -0.1) is 0 Å². The molecule has 0 spiro atoms. The number of carbonyl (C=O) groups is 1. The fraction of sp³-hybridized carbons (Fsp3) is 0.429. The van der Waals surface area contributed by atoms with Crippen molar-refractivity contribution in [3.05, 3.63) is 35.4 Å². The topological polar surface area (TPSA) is 71.3 Å². The Morgan fingerprint density at radius 1 is 1.37 bits per heavy atom. The SMILES string of the molecule is COCCOCC(=O)NC(C)c1ccc(C#N)cc1. The van der Waals surface area contributed by atoms with Gasteiger partial charge in [-0.2, -0.15) is 5.26 Å². The number of rotatable bonds is 7. The van der Waals surface area contributed by atoms with E-state index in [-0.39, 0.29) is 18.6 Å². The van der Waals surface area contributed by atoms with E-state index in [1.54, 1.807) is 19.2 Å². The first-order chi connectivity index (χ1) is 9.17. The molecular formula is C14H18N2O3. The van der Waals surface area contributed by atoms with Crippen LogP contribution in [0.15, 0.2) is 24.3 Å². The quantitative estimate of drug-likeness (QED) is 0.754. The zero-order valence-electron chi connectivity index (χ0n) is 11.2. The van der Waals surface area contributed by atoms with Crippen molar-refractivity contribution in [3.8, 4) is 6.07 Å². The lowest BCUT2D eigenvalue weighted by Crippen LogP contribution is -2.30. The summed E-state index contributed by atoms with van der Waals surface area (Å²) in [5.74, 6) is -0.173. The maximum absolute atomic E-state index is 11.6. The van der Waals surface area contributed by atoms with Crippen LogP contribution in [-0.4, -0.2) is 32.8 Å². The monoisotopic (exact) mass is 262 g/mol. The van der Waals surface area contributed by atoms with Crippen LogP contribution in [0.3, 0.4) is 0 Å². The molecule has 0 aromatic heterocycles. The largest absolute Gasteiger partial charge is 0.382 e. The fourth-order valence-corrected chi connectivity index (χ4v) is 1.52. The summed E-state index contributed by atoms with van der Waals surface area (Å²) in [7, 11) is 1.58. The second kappa shape index (κ2) is 8.25. The highest BCUT2D eigenvalue weighted by Crippen LogP contribution is 2.12. The van der Waals surface area contributed by atoms with Crippen LogP contribution < -0.4 is 5.32 Å². The zero-order chi connectivity index (χ0) is 14.1. The molecule has 1 aromatic carbocycles. The highest BCUT2D eigenvalue weighted by atomic mass is 16.5. The summed E-state index contributed by atoms with van der Waals surface area (Å²) in [6.07, 6.45) is 0. The molecule has 0 heterocycles. The number of benzene rings is 1. The number of hydrogen-bond acceptors (Lipinski definition) is 4. The number of carbonyl (C=O) groups excluding carboxylic acids is 1. The lowest BCUT2D eigenvalue weighted by atomic mass is 10.1. The maximum atomic E-state index is 11.6. The van der Waals surface area contributed by atoms with Gasteiger partial charge in [-0.3, -0.25) is 4.79 Å². The Balaban J connectivity index is 2.38. The number of amides is 1. The van der Waals surface area contributed by atoms with Crippen molar-refractivity contribution in [2.24, 2.45) is 0 Å². The Morgan fingerprint density at radius 2 is 2.05 bits per heavy atom. The lowest BCUT2D eigenvalue weighted by molar-refractivity contribution is -0.126. The smallest absolute Gasteiger partial charge is 0.246 e. The van der Waals surface area contributed by atoms with Crippen LogP contribution in [0.1, 0.15) is 24.1 Å². The van der Waals surface area contributed by atoms with E-state index >= 15 is 0 Å². The number of nitriles is 1. The summed E-state index contributed by atoms with van der Waals surface area (Å²) in [6, 6.07) is 9.05. The van der Waals surface area contributed by atoms with Gasteiger partial charge in [0, 0.05) is 7.11 Å². The predicted molar refractivity (Wildman–Crippen MR) is 70.4 cm³/mol. The second-order valence-electron chi connectivity index (χ2n) is 4.07. The number of hydrogen-bond donors (Lipinski definition) is 1. The minimum atomic E-state index is -0.173. The van der Waals surface area contributed by atoms with Crippen LogP contribution in [0, 0.1) is 11.3 Å². The number of methoxy groups -OCH3 is 1. The highest BCUT2D eigenvalue weighted by molar-refractivity contribution is 5.77. The first-order valence-corrected chi connectivity index (χ1v) is 6.03. The van der Waals surface area contributed by atoms with E-state index in [9.17, 15) is 4.79 Å². The minimum Gasteiger partial charge on any atom is -0.382 e. The van der Waals surface area contributed by atoms with E-state index in [2.05, 4.69) is 11.4 Å². The molecule has 1 atom stereocenters. The zero-order valence-corrected chi connectivity index (χ0v) is 11.2. The molecule has 5 nitrogen and oxygen atoms in total. The van der Waals surface area contributed by atoms with Crippen molar-refractivity contribution in [1.29, 1.82) is 5.26 Å². The van der Waals surface area contributed by atoms with Crippen LogP contribution in [0.5, 0.6) is 0 Å². The van der Waals surface area contributed by atoms with Crippen molar-refractivity contribution < 1.29 is 14.3 Å². The summed E-state index contributed by atoms with van der Waals surface area (Å²) in [4.78, 5) is 11.6. The van der Waals surface area contributed by atoms with Crippen LogP contribution in [0.4, 0.5) is 0 Å². The van der Waals surface area contributed by atoms with Gasteiger partial charge >= 0.3 is 0 Å². The average molecular weight is 262 g/mol. The normalized spacial score (nSPS) is 11.6. The molecule has 0 saturated carbocycles. The van der Waals surface area contributed by atoms with Gasteiger partial charge in [0.1, 0.15) is 6.61 Å². The Morgan fingerprint density at radius 3 is 2.63 bits per heavy atom. The van der Waals surface area contributed by atoms with Crippen LogP contribution in [0.2, 0.25) is 0 Å². The van der Waals surface area contributed by atoms with E-state index in [1.165, 1.54) is 0 Å². The van der Waals surface area contributed by atoms with Crippen LogP contribution in [0.25, 0.3) is 0 Å². The van der Waals surface area contributed by atoms with Gasteiger partial charge in [-0.25, -0.2) is 0 Å². The molecule has 5 heteroatoms. The molecule has 1 rings (SSSR count). The van der Waals surface area contributed by atoms with E-state index in [0.717, 1.165) is 5.56 Å². The summed E-state index contributed by atoms with van der Waals surface area (Å²) in [5, 5.41) is 11.5. The molecular weight excluding hydrogens is 244 g/mol. The van der Waals surface area contributed by atoms with Gasteiger partial charge in [0.25, 0.3) is 0 Å². The molecule has 0 bridgehead atoms. The highest BCUT2D eigenvalue weighted by Gasteiger charge is 2.09. The Hall–Kier alpha value is -1.90. The molecule has 102 valence electrons. The molecule has 0 aliphatic heterocycles. The predicted octanol–water partition coefficient (Wildman–Crippen LogP) is 1.40. The van der Waals surface area contributed by atoms with Gasteiger partial charge in [-0.1, -0.05) is 12.1 Å².